The van der Waals surface area contributed by atoms with Crippen molar-refractivity contribution < 1.29 is 34.2 Å². The van der Waals surface area contributed by atoms with Gasteiger partial charge in [-0.05, 0) is 29.7 Å². The number of rotatable bonds is 15. The van der Waals surface area contributed by atoms with E-state index in [0.29, 0.717) is 11.1 Å². The number of phenols is 1. The van der Waals surface area contributed by atoms with Crippen LogP contribution in [0.25, 0.3) is 0 Å². The smallest absolute Gasteiger partial charge is 0.327 e. The lowest BCUT2D eigenvalue weighted by molar-refractivity contribution is -0.141. The maximum absolute atomic E-state index is 12.8. The van der Waals surface area contributed by atoms with Gasteiger partial charge in [-0.2, -0.15) is 25.3 Å². The molecule has 0 saturated heterocycles. The molecule has 2 aromatic carbocycles. The fraction of sp³-hybridized carbons (Fsp3) is 0.346. The topological polar surface area (TPSA) is 200 Å². The number of carboxylic acids is 1. The minimum absolute atomic E-state index is 0.0690. The van der Waals surface area contributed by atoms with Crippen molar-refractivity contribution in [1.29, 1.82) is 0 Å². The Hall–Kier alpha value is -3.75. The number of phenolic OH excluding ortho intramolecular Hbond substituents is 1. The molecule has 0 aliphatic carbocycles. The Kier molecular flexibility index (Phi) is 13.3. The molecule has 12 nitrogen and oxygen atoms in total. The van der Waals surface area contributed by atoms with Crippen LogP contribution >= 0.6 is 25.3 Å². The van der Waals surface area contributed by atoms with Gasteiger partial charge in [-0.25, -0.2) is 4.79 Å². The van der Waals surface area contributed by atoms with Crippen LogP contribution in [-0.2, 0) is 36.8 Å². The molecule has 0 saturated carbocycles. The summed E-state index contributed by atoms with van der Waals surface area (Å²) in [6.45, 7) is -0.522. The Labute approximate surface area is 242 Å². The van der Waals surface area contributed by atoms with Crippen molar-refractivity contribution in [3.8, 4) is 5.75 Å². The number of nitrogens with two attached hydrogens (primary N) is 1. The molecule has 4 amide bonds. The summed E-state index contributed by atoms with van der Waals surface area (Å²) in [7, 11) is 0. The van der Waals surface area contributed by atoms with Gasteiger partial charge in [0.2, 0.25) is 23.6 Å². The summed E-state index contributed by atoms with van der Waals surface area (Å²) < 4.78 is 0. The lowest BCUT2D eigenvalue weighted by Gasteiger charge is -2.22. The number of carbonyl (C=O) groups is 5. The maximum atomic E-state index is 12.8. The SMILES string of the molecule is N[C@@H](Cc1ccc(O)cc1)C(=O)N[C@H](CS)C(=O)NCC(=O)N[C@@H](Cc1ccccc1)C(=O)N[C@H](CS)C(=O)O. The van der Waals surface area contributed by atoms with Gasteiger partial charge in [0.05, 0.1) is 12.6 Å². The van der Waals surface area contributed by atoms with Gasteiger partial charge < -0.3 is 37.2 Å². The van der Waals surface area contributed by atoms with Crippen LogP contribution in [0.5, 0.6) is 5.75 Å². The summed E-state index contributed by atoms with van der Waals surface area (Å²) in [6.07, 6.45) is 0.232. The number of benzene rings is 2. The molecule has 14 heteroatoms. The molecule has 2 aromatic rings. The second kappa shape index (κ2) is 16.4. The van der Waals surface area contributed by atoms with Gasteiger partial charge >= 0.3 is 5.97 Å². The fourth-order valence-corrected chi connectivity index (χ4v) is 4.01. The highest BCUT2D eigenvalue weighted by atomic mass is 32.1. The van der Waals surface area contributed by atoms with E-state index in [1.54, 1.807) is 42.5 Å². The number of carbonyl (C=O) groups excluding carboxylic acids is 4. The molecule has 0 fully saturated rings. The third kappa shape index (κ3) is 10.8. The van der Waals surface area contributed by atoms with Gasteiger partial charge in [0.25, 0.3) is 0 Å². The van der Waals surface area contributed by atoms with Crippen molar-refractivity contribution in [2.24, 2.45) is 5.73 Å². The van der Waals surface area contributed by atoms with E-state index in [0.717, 1.165) is 0 Å². The quantitative estimate of drug-likeness (QED) is 0.118. The Balaban J connectivity index is 1.95. The minimum Gasteiger partial charge on any atom is -0.508 e. The van der Waals surface area contributed by atoms with Crippen LogP contribution in [0.4, 0.5) is 0 Å². The molecule has 8 N–H and O–H groups in total. The zero-order valence-corrected chi connectivity index (χ0v) is 23.2. The summed E-state index contributed by atoms with van der Waals surface area (Å²) in [6, 6.07) is 10.5. The number of aromatic hydroxyl groups is 1. The normalized spacial score (nSPS) is 13.7. The Bertz CT molecular complexity index is 1170. The Morgan fingerprint density at radius 3 is 1.88 bits per heavy atom. The van der Waals surface area contributed by atoms with Crippen LogP contribution < -0.4 is 27.0 Å². The van der Waals surface area contributed by atoms with Crippen LogP contribution in [0.15, 0.2) is 54.6 Å². The molecular weight excluding hydrogens is 558 g/mol. The zero-order chi connectivity index (χ0) is 29.7. The molecule has 0 radical (unpaired) electrons. The Morgan fingerprint density at radius 2 is 1.30 bits per heavy atom. The van der Waals surface area contributed by atoms with Crippen molar-refractivity contribution >= 4 is 54.9 Å². The van der Waals surface area contributed by atoms with E-state index in [2.05, 4.69) is 46.5 Å². The third-order valence-electron chi connectivity index (χ3n) is 5.70. The van der Waals surface area contributed by atoms with Gasteiger partial charge in [-0.1, -0.05) is 42.5 Å². The number of hydrogen-bond acceptors (Lipinski definition) is 9. The molecule has 0 bridgehead atoms. The largest absolute Gasteiger partial charge is 0.508 e. The monoisotopic (exact) mass is 591 g/mol. The highest BCUT2D eigenvalue weighted by molar-refractivity contribution is 7.80. The standard InChI is InChI=1S/C26H33N5O7S2/c27-18(10-16-6-8-17(32)9-7-16)23(34)30-20(13-39)24(35)28-12-22(33)29-19(11-15-4-2-1-3-5-15)25(36)31-21(14-40)26(37)38/h1-9,18-21,32,39-40H,10-14,27H2,(H,28,35)(H,29,33)(H,30,34)(H,31,36)(H,37,38)/t18-,19-,20+,21+/m0/s1. The lowest BCUT2D eigenvalue weighted by atomic mass is 10.0. The van der Waals surface area contributed by atoms with E-state index in [1.165, 1.54) is 12.1 Å². The molecule has 40 heavy (non-hydrogen) atoms. The Morgan fingerprint density at radius 1 is 0.725 bits per heavy atom. The molecule has 0 aliphatic heterocycles. The zero-order valence-electron chi connectivity index (χ0n) is 21.4. The number of amides is 4. The van der Waals surface area contributed by atoms with Crippen LogP contribution in [0, 0.1) is 0 Å². The molecule has 0 aromatic heterocycles. The van der Waals surface area contributed by atoms with Gasteiger partial charge in [-0.3, -0.25) is 19.2 Å². The molecule has 2 rings (SSSR count). The van der Waals surface area contributed by atoms with E-state index < -0.39 is 60.3 Å². The van der Waals surface area contributed by atoms with E-state index >= 15 is 0 Å². The van der Waals surface area contributed by atoms with Gasteiger partial charge in [0.15, 0.2) is 0 Å². The number of carboxylic acid groups (broad SMARTS) is 1. The van der Waals surface area contributed by atoms with E-state index in [1.807, 2.05) is 0 Å². The highest BCUT2D eigenvalue weighted by Crippen LogP contribution is 2.11. The average Bonchev–Trinajstić information content (AvgIpc) is 2.94. The predicted molar refractivity (Wildman–Crippen MR) is 154 cm³/mol. The summed E-state index contributed by atoms with van der Waals surface area (Å²) in [4.78, 5) is 61.9. The van der Waals surface area contributed by atoms with Crippen molar-refractivity contribution in [3.05, 3.63) is 65.7 Å². The fourth-order valence-electron chi connectivity index (χ4n) is 3.50. The second-order valence-electron chi connectivity index (χ2n) is 8.83. The van der Waals surface area contributed by atoms with Crippen LogP contribution in [0.1, 0.15) is 11.1 Å². The van der Waals surface area contributed by atoms with Crippen molar-refractivity contribution in [3.63, 3.8) is 0 Å². The number of nitrogens with one attached hydrogen (secondary N) is 4. The molecule has 216 valence electrons. The first-order valence-corrected chi connectivity index (χ1v) is 13.5. The van der Waals surface area contributed by atoms with E-state index in [4.69, 9.17) is 5.73 Å². The first-order valence-electron chi connectivity index (χ1n) is 12.2. The predicted octanol–water partition coefficient (Wildman–Crippen LogP) is -0.980. The van der Waals surface area contributed by atoms with Crippen LogP contribution in [-0.4, -0.2) is 82.0 Å². The molecule has 0 spiro atoms. The summed E-state index contributed by atoms with van der Waals surface area (Å²) in [5.74, 6) is -4.18. The summed E-state index contributed by atoms with van der Waals surface area (Å²) in [5, 5.41) is 28.3. The average molecular weight is 592 g/mol. The van der Waals surface area contributed by atoms with Gasteiger partial charge in [0, 0.05) is 17.9 Å². The highest BCUT2D eigenvalue weighted by Gasteiger charge is 2.27. The molecule has 4 atom stereocenters. The number of aliphatic carboxylic acids is 1. The maximum Gasteiger partial charge on any atom is 0.327 e. The molecular formula is C26H33N5O7S2. The second-order valence-corrected chi connectivity index (χ2v) is 9.56. The number of thiol groups is 2. The van der Waals surface area contributed by atoms with Crippen molar-refractivity contribution in [2.75, 3.05) is 18.1 Å². The summed E-state index contributed by atoms with van der Waals surface area (Å²) >= 11 is 8.03. The number of hydrogen-bond donors (Lipinski definition) is 9. The third-order valence-corrected chi connectivity index (χ3v) is 6.43. The van der Waals surface area contributed by atoms with Gasteiger partial charge in [0.1, 0.15) is 23.9 Å². The van der Waals surface area contributed by atoms with E-state index in [9.17, 15) is 34.2 Å². The van der Waals surface area contributed by atoms with E-state index in [-0.39, 0.29) is 30.1 Å². The summed E-state index contributed by atoms with van der Waals surface area (Å²) in [5.41, 5.74) is 7.37. The van der Waals surface area contributed by atoms with Crippen molar-refractivity contribution in [2.45, 2.75) is 37.0 Å². The van der Waals surface area contributed by atoms with Crippen LogP contribution in [0.3, 0.4) is 0 Å². The molecule has 0 heterocycles. The first-order chi connectivity index (χ1) is 19.0. The van der Waals surface area contributed by atoms with Gasteiger partial charge in [-0.15, -0.1) is 0 Å². The molecule has 0 unspecified atom stereocenters. The first kappa shape index (κ1) is 32.5. The molecule has 0 aliphatic rings. The van der Waals surface area contributed by atoms with Crippen LogP contribution in [0.2, 0.25) is 0 Å². The lowest BCUT2D eigenvalue weighted by Crippen LogP contribution is -2.56. The minimum atomic E-state index is -1.27. The van der Waals surface area contributed by atoms with Crippen molar-refractivity contribution in [1.82, 2.24) is 21.3 Å².